The van der Waals surface area contributed by atoms with E-state index in [-0.39, 0.29) is 17.6 Å². The number of nitrogen functional groups attached to an aromatic ring is 1. The molecule has 9 heteroatoms. The summed E-state index contributed by atoms with van der Waals surface area (Å²) >= 11 is 0. The number of aromatic nitrogens is 2. The molecule has 1 aromatic heterocycles. The summed E-state index contributed by atoms with van der Waals surface area (Å²) < 4.78 is 22.7. The molecule has 0 saturated carbocycles. The number of carbonyl (C=O) groups excluding carboxylic acids is 1. The van der Waals surface area contributed by atoms with Gasteiger partial charge in [-0.3, -0.25) is 4.79 Å². The Morgan fingerprint density at radius 1 is 1.18 bits per heavy atom. The zero-order chi connectivity index (χ0) is 23.9. The molecule has 8 nitrogen and oxygen atoms in total. The predicted molar refractivity (Wildman–Crippen MR) is 130 cm³/mol. The SMILES string of the molecule is Cc1ccc2c(c1)[C@@H](C)Oc1nc(cnc1N)-c1cc(N=S(C)(C)=O)ccc1CN(C)C2=O. The first-order valence-electron chi connectivity index (χ1n) is 10.5. The molecule has 2 heterocycles. The van der Waals surface area contributed by atoms with Crippen LogP contribution in [0.2, 0.25) is 0 Å². The zero-order valence-electron chi connectivity index (χ0n) is 19.3. The quantitative estimate of drug-likeness (QED) is 0.579. The summed E-state index contributed by atoms with van der Waals surface area (Å²) in [7, 11) is -0.594. The fourth-order valence-corrected chi connectivity index (χ4v) is 4.45. The summed E-state index contributed by atoms with van der Waals surface area (Å²) in [5, 5.41) is 0. The number of ether oxygens (including phenoxy) is 1. The molecule has 0 aliphatic carbocycles. The van der Waals surface area contributed by atoms with E-state index in [1.165, 1.54) is 0 Å². The Bertz CT molecular complexity index is 1370. The van der Waals surface area contributed by atoms with Gasteiger partial charge in [-0.25, -0.2) is 14.2 Å². The zero-order valence-corrected chi connectivity index (χ0v) is 20.1. The summed E-state index contributed by atoms with van der Waals surface area (Å²) in [5.74, 6) is 0.235. The van der Waals surface area contributed by atoms with E-state index in [2.05, 4.69) is 14.3 Å². The number of benzene rings is 2. The Labute approximate surface area is 194 Å². The first kappa shape index (κ1) is 22.7. The van der Waals surface area contributed by atoms with Crippen LogP contribution in [0.15, 0.2) is 47.0 Å². The van der Waals surface area contributed by atoms with Crippen LogP contribution in [0.1, 0.15) is 40.1 Å². The van der Waals surface area contributed by atoms with Gasteiger partial charge in [0.05, 0.1) is 17.6 Å². The van der Waals surface area contributed by atoms with Crippen LogP contribution in [0.4, 0.5) is 11.5 Å². The van der Waals surface area contributed by atoms with Gasteiger partial charge in [0, 0.05) is 52.5 Å². The van der Waals surface area contributed by atoms with E-state index in [1.54, 1.807) is 42.8 Å². The topological polar surface area (TPSA) is 111 Å². The standard InChI is InChI=1S/C24H27N5O3S/c1-14-6-9-18-19(10-14)15(2)32-23-22(25)26-12-21(27-23)20-11-17(28-33(4,5)31)8-7-16(20)13-29(3)24(18)30/h6-12,15H,13H2,1-5H3,(H2,25,26)/t15-/m1/s1. The number of nitrogens with two attached hydrogens (primary N) is 1. The van der Waals surface area contributed by atoms with Crippen molar-refractivity contribution in [3.8, 4) is 17.1 Å². The highest BCUT2D eigenvalue weighted by Crippen LogP contribution is 2.34. The van der Waals surface area contributed by atoms with Crippen molar-refractivity contribution in [2.24, 2.45) is 4.36 Å². The molecule has 1 atom stereocenters. The van der Waals surface area contributed by atoms with Crippen LogP contribution in [0, 0.1) is 6.92 Å². The van der Waals surface area contributed by atoms with E-state index in [4.69, 9.17) is 10.5 Å². The Morgan fingerprint density at radius 3 is 2.67 bits per heavy atom. The van der Waals surface area contributed by atoms with Crippen molar-refractivity contribution < 1.29 is 13.7 Å². The lowest BCUT2D eigenvalue weighted by atomic mass is 9.98. The van der Waals surface area contributed by atoms with Gasteiger partial charge in [0.15, 0.2) is 5.82 Å². The van der Waals surface area contributed by atoms with Gasteiger partial charge in [0.1, 0.15) is 6.10 Å². The second kappa shape index (κ2) is 8.47. The molecule has 2 aromatic carbocycles. The van der Waals surface area contributed by atoms with Gasteiger partial charge in [0.25, 0.3) is 11.8 Å². The lowest BCUT2D eigenvalue weighted by molar-refractivity contribution is 0.0780. The van der Waals surface area contributed by atoms with Gasteiger partial charge in [-0.2, -0.15) is 4.36 Å². The molecule has 1 aliphatic rings. The number of amides is 1. The highest BCUT2D eigenvalue weighted by Gasteiger charge is 2.24. The van der Waals surface area contributed by atoms with Crippen LogP contribution in [0.3, 0.4) is 0 Å². The fourth-order valence-electron chi connectivity index (χ4n) is 3.83. The van der Waals surface area contributed by atoms with E-state index in [1.807, 2.05) is 38.1 Å². The van der Waals surface area contributed by atoms with E-state index >= 15 is 0 Å². The summed E-state index contributed by atoms with van der Waals surface area (Å²) in [4.78, 5) is 24.0. The van der Waals surface area contributed by atoms with E-state index in [0.717, 1.165) is 16.7 Å². The third kappa shape index (κ3) is 4.83. The van der Waals surface area contributed by atoms with Crippen molar-refractivity contribution >= 4 is 27.1 Å². The van der Waals surface area contributed by atoms with Gasteiger partial charge >= 0.3 is 0 Å². The van der Waals surface area contributed by atoms with Crippen molar-refractivity contribution in [3.05, 3.63) is 64.8 Å². The summed E-state index contributed by atoms with van der Waals surface area (Å²) in [5.41, 5.74) is 11.1. The summed E-state index contributed by atoms with van der Waals surface area (Å²) in [6.45, 7) is 4.16. The van der Waals surface area contributed by atoms with Crippen LogP contribution in [0.5, 0.6) is 5.88 Å². The molecular weight excluding hydrogens is 438 g/mol. The highest BCUT2D eigenvalue weighted by molar-refractivity contribution is 7.92. The smallest absolute Gasteiger partial charge is 0.258 e. The maximum Gasteiger partial charge on any atom is 0.258 e. The first-order chi connectivity index (χ1) is 15.5. The van der Waals surface area contributed by atoms with Gasteiger partial charge in [-0.1, -0.05) is 23.8 Å². The molecule has 4 rings (SSSR count). The van der Waals surface area contributed by atoms with Gasteiger partial charge in [0.2, 0.25) is 0 Å². The molecule has 2 bridgehead atoms. The lowest BCUT2D eigenvalue weighted by Gasteiger charge is -2.25. The minimum atomic E-state index is -2.35. The van der Waals surface area contributed by atoms with E-state index in [9.17, 15) is 9.00 Å². The van der Waals surface area contributed by atoms with Crippen molar-refractivity contribution in [3.63, 3.8) is 0 Å². The van der Waals surface area contributed by atoms with Crippen molar-refractivity contribution in [2.75, 3.05) is 25.3 Å². The molecule has 1 amide bonds. The van der Waals surface area contributed by atoms with Gasteiger partial charge in [-0.15, -0.1) is 0 Å². The van der Waals surface area contributed by atoms with Gasteiger partial charge in [-0.05, 0) is 37.6 Å². The van der Waals surface area contributed by atoms with Gasteiger partial charge < -0.3 is 15.4 Å². The molecule has 0 fully saturated rings. The highest BCUT2D eigenvalue weighted by atomic mass is 32.2. The molecule has 3 aromatic rings. The maximum absolute atomic E-state index is 13.4. The normalized spacial score (nSPS) is 16.1. The number of carbonyl (C=O) groups is 1. The third-order valence-corrected chi connectivity index (χ3v) is 6.03. The third-order valence-electron chi connectivity index (χ3n) is 5.38. The summed E-state index contributed by atoms with van der Waals surface area (Å²) in [6.07, 6.45) is 4.24. The van der Waals surface area contributed by atoms with Crippen LogP contribution < -0.4 is 10.5 Å². The number of fused-ring (bicyclic) bond motifs is 5. The second-order valence-corrected chi connectivity index (χ2v) is 11.1. The number of nitrogens with zero attached hydrogens (tertiary/aromatic N) is 4. The van der Waals surface area contributed by atoms with Crippen molar-refractivity contribution in [1.29, 1.82) is 0 Å². The maximum atomic E-state index is 13.4. The largest absolute Gasteiger partial charge is 0.467 e. The minimum absolute atomic E-state index is 0.117. The Morgan fingerprint density at radius 2 is 1.94 bits per heavy atom. The lowest BCUT2D eigenvalue weighted by Crippen LogP contribution is -2.28. The number of hydrogen-bond donors (Lipinski definition) is 1. The van der Waals surface area contributed by atoms with Crippen LogP contribution in [0.25, 0.3) is 11.3 Å². The second-order valence-electron chi connectivity index (χ2n) is 8.57. The minimum Gasteiger partial charge on any atom is -0.467 e. The molecular formula is C24H27N5O3S. The Kier molecular flexibility index (Phi) is 5.84. The number of rotatable bonds is 1. The Hall–Kier alpha value is -3.46. The van der Waals surface area contributed by atoms with Crippen molar-refractivity contribution in [1.82, 2.24) is 14.9 Å². The fraction of sp³-hybridized carbons (Fsp3) is 0.292. The van der Waals surface area contributed by atoms with Crippen molar-refractivity contribution in [2.45, 2.75) is 26.5 Å². The molecule has 172 valence electrons. The van der Waals surface area contributed by atoms with Crippen LogP contribution >= 0.6 is 0 Å². The first-order valence-corrected chi connectivity index (χ1v) is 12.8. The van der Waals surface area contributed by atoms with E-state index < -0.39 is 15.8 Å². The number of anilines is 1. The number of hydrogen-bond acceptors (Lipinski definition) is 7. The van der Waals surface area contributed by atoms with E-state index in [0.29, 0.717) is 29.1 Å². The molecule has 1 aliphatic heterocycles. The molecule has 0 saturated heterocycles. The molecule has 0 unspecified atom stereocenters. The number of aryl methyl sites for hydroxylation is 1. The predicted octanol–water partition coefficient (Wildman–Crippen LogP) is 4.12. The Balaban J connectivity index is 1.94. The molecule has 33 heavy (non-hydrogen) atoms. The molecule has 2 N–H and O–H groups in total. The van der Waals surface area contributed by atoms with Crippen LogP contribution in [-0.2, 0) is 16.3 Å². The average Bonchev–Trinajstić information content (AvgIpc) is 2.74. The van der Waals surface area contributed by atoms with Crippen LogP contribution in [-0.4, -0.2) is 44.5 Å². The average molecular weight is 466 g/mol. The molecule has 0 radical (unpaired) electrons. The molecule has 0 spiro atoms. The monoisotopic (exact) mass is 465 g/mol. The summed E-state index contributed by atoms with van der Waals surface area (Å²) in [6, 6.07) is 11.1.